The van der Waals surface area contributed by atoms with Gasteiger partial charge in [0.05, 0.1) is 31.8 Å². The van der Waals surface area contributed by atoms with Gasteiger partial charge in [0.25, 0.3) is 15.2 Å². The third kappa shape index (κ3) is 3.55. The highest BCUT2D eigenvalue weighted by molar-refractivity contribution is 8.04. The summed E-state index contributed by atoms with van der Waals surface area (Å²) in [6, 6.07) is 13.1. The van der Waals surface area contributed by atoms with Crippen LogP contribution in [0.1, 0.15) is 24.9 Å². The van der Waals surface area contributed by atoms with Gasteiger partial charge in [-0.3, -0.25) is 0 Å². The predicted molar refractivity (Wildman–Crippen MR) is 130 cm³/mol. The van der Waals surface area contributed by atoms with Gasteiger partial charge in [-0.25, -0.2) is 18.4 Å². The molecule has 1 saturated heterocycles. The lowest BCUT2D eigenvalue weighted by atomic mass is 9.81. The van der Waals surface area contributed by atoms with Crippen molar-refractivity contribution in [3.8, 4) is 16.9 Å². The van der Waals surface area contributed by atoms with Crippen molar-refractivity contribution in [2.75, 3.05) is 32.2 Å². The third-order valence-electron chi connectivity index (χ3n) is 6.96. The number of methoxy groups -OCH3 is 1. The van der Waals surface area contributed by atoms with Gasteiger partial charge in [0.1, 0.15) is 5.75 Å². The van der Waals surface area contributed by atoms with Crippen LogP contribution in [0.25, 0.3) is 11.1 Å². The molecule has 0 aromatic heterocycles. The van der Waals surface area contributed by atoms with Crippen molar-refractivity contribution in [1.82, 2.24) is 4.31 Å². The molecular weight excluding hydrogens is 440 g/mol. The molecule has 5 rings (SSSR count). The van der Waals surface area contributed by atoms with E-state index in [1.807, 2.05) is 50.4 Å². The number of amidine groups is 1. The Balaban J connectivity index is 1.63. The summed E-state index contributed by atoms with van der Waals surface area (Å²) in [7, 11) is -0.257. The van der Waals surface area contributed by atoms with Gasteiger partial charge in [-0.15, -0.1) is 0 Å². The first-order valence-corrected chi connectivity index (χ1v) is 12.5. The maximum atomic E-state index is 13.5. The molecule has 2 aromatic rings. The molecule has 2 aromatic carbocycles. The molecular formula is C24H28N4O4S. The number of aliphatic hydroxyl groups is 1. The minimum Gasteiger partial charge on any atom is -0.497 e. The molecule has 0 radical (unpaired) electrons. The van der Waals surface area contributed by atoms with Crippen LogP contribution in [-0.4, -0.2) is 68.6 Å². The molecule has 3 aliphatic rings. The monoisotopic (exact) mass is 468 g/mol. The lowest BCUT2D eigenvalue weighted by molar-refractivity contribution is 0.193. The van der Waals surface area contributed by atoms with Gasteiger partial charge in [-0.05, 0) is 54.3 Å². The Kier molecular flexibility index (Phi) is 5.50. The van der Waals surface area contributed by atoms with Crippen LogP contribution >= 0.6 is 0 Å². The fraction of sp³-hybridized carbons (Fsp3) is 0.417. The van der Waals surface area contributed by atoms with E-state index in [-0.39, 0.29) is 29.8 Å². The number of benzene rings is 2. The highest BCUT2D eigenvalue weighted by Gasteiger charge is 2.51. The predicted octanol–water partition coefficient (Wildman–Crippen LogP) is 2.69. The normalized spacial score (nSPS) is 26.8. The van der Waals surface area contributed by atoms with Gasteiger partial charge >= 0.3 is 0 Å². The Bertz CT molecular complexity index is 1240. The lowest BCUT2D eigenvalue weighted by Gasteiger charge is -2.44. The Morgan fingerprint density at radius 2 is 1.97 bits per heavy atom. The molecule has 0 amide bonds. The third-order valence-corrected chi connectivity index (χ3v) is 8.66. The second-order valence-electron chi connectivity index (χ2n) is 8.81. The van der Waals surface area contributed by atoms with E-state index < -0.39 is 16.1 Å². The highest BCUT2D eigenvalue weighted by Crippen LogP contribution is 2.50. The van der Waals surface area contributed by atoms with Crippen LogP contribution in [0.4, 0.5) is 5.69 Å². The molecule has 3 heterocycles. The molecule has 9 heteroatoms. The van der Waals surface area contributed by atoms with E-state index in [4.69, 9.17) is 4.74 Å². The Labute approximate surface area is 194 Å². The maximum Gasteiger partial charge on any atom is 0.278 e. The zero-order valence-corrected chi connectivity index (χ0v) is 19.7. The molecule has 0 spiro atoms. The first-order chi connectivity index (χ1) is 15.8. The number of rotatable bonds is 4. The minimum absolute atomic E-state index is 0.0359. The van der Waals surface area contributed by atoms with E-state index in [2.05, 4.69) is 21.0 Å². The molecule has 0 bridgehead atoms. The number of sulfonamides is 1. The van der Waals surface area contributed by atoms with Gasteiger partial charge in [0.15, 0.2) is 0 Å². The summed E-state index contributed by atoms with van der Waals surface area (Å²) in [6.45, 7) is 2.14. The Morgan fingerprint density at radius 3 is 2.67 bits per heavy atom. The summed E-state index contributed by atoms with van der Waals surface area (Å²) < 4.78 is 34.0. The molecule has 4 atom stereocenters. The zero-order chi connectivity index (χ0) is 23.3. The van der Waals surface area contributed by atoms with Gasteiger partial charge in [0.2, 0.25) is 0 Å². The quantitative estimate of drug-likeness (QED) is 0.745. The maximum absolute atomic E-state index is 13.5. The molecule has 1 unspecified atom stereocenters. The average Bonchev–Trinajstić information content (AvgIpc) is 3.47. The second-order valence-corrected chi connectivity index (χ2v) is 10.6. The molecule has 33 heavy (non-hydrogen) atoms. The van der Waals surface area contributed by atoms with Crippen molar-refractivity contribution in [2.24, 2.45) is 15.9 Å². The van der Waals surface area contributed by atoms with Crippen LogP contribution in [0, 0.1) is 5.92 Å². The van der Waals surface area contributed by atoms with E-state index in [0.717, 1.165) is 28.1 Å². The number of hydrogen-bond donors (Lipinski definition) is 1. The van der Waals surface area contributed by atoms with Gasteiger partial charge in [-0.1, -0.05) is 18.2 Å². The van der Waals surface area contributed by atoms with Gasteiger partial charge in [-0.2, -0.15) is 4.31 Å². The largest absolute Gasteiger partial charge is 0.497 e. The Morgan fingerprint density at radius 1 is 1.18 bits per heavy atom. The van der Waals surface area contributed by atoms with Gasteiger partial charge < -0.3 is 14.7 Å². The number of aliphatic hydroxyl groups excluding tert-OH is 1. The number of aliphatic imine (C=N–C) groups is 2. The van der Waals surface area contributed by atoms with E-state index in [9.17, 15) is 13.5 Å². The van der Waals surface area contributed by atoms with Crippen LogP contribution in [0.15, 0.2) is 52.4 Å². The van der Waals surface area contributed by atoms with E-state index in [1.54, 1.807) is 13.3 Å². The number of hydrogen-bond acceptors (Lipinski definition) is 7. The summed E-state index contributed by atoms with van der Waals surface area (Å²) in [6.07, 6.45) is 2.22. The second kappa shape index (κ2) is 8.23. The number of ether oxygens (including phenoxy) is 1. The number of anilines is 1. The topological polar surface area (TPSA) is 94.8 Å². The summed E-state index contributed by atoms with van der Waals surface area (Å²) in [5.41, 5.74) is 3.83. The molecule has 0 saturated carbocycles. The van der Waals surface area contributed by atoms with Crippen molar-refractivity contribution in [2.45, 2.75) is 31.5 Å². The SMILES string of the molecule is COc1cccc(-c2ccc3c(c2)[C@@H]2[C@@H](CCN2S(=O)(=O)C2=NC(C)C=N2)[C@H](CO)N3C)c1. The first kappa shape index (κ1) is 22.1. The standard InChI is InChI=1S/C24H28N4O4S/c1-15-13-25-24(26-15)33(30,31)28-10-9-19-22(14-29)27(2)21-8-7-17(12-20(21)23(19)28)16-5-4-6-18(11-16)32-3/h4-8,11-13,15,19,22-23,29H,9-10,14H2,1-3H3/t15?,19-,22-,23-/m0/s1. The van der Waals surface area contributed by atoms with Crippen molar-refractivity contribution in [3.63, 3.8) is 0 Å². The lowest BCUT2D eigenvalue weighted by Crippen LogP contribution is -2.48. The summed E-state index contributed by atoms with van der Waals surface area (Å²) in [5.74, 6) is 0.725. The molecule has 1 N–H and O–H groups in total. The average molecular weight is 469 g/mol. The molecule has 3 aliphatic heterocycles. The van der Waals surface area contributed by atoms with Crippen LogP contribution < -0.4 is 9.64 Å². The van der Waals surface area contributed by atoms with Crippen molar-refractivity contribution in [3.05, 3.63) is 48.0 Å². The van der Waals surface area contributed by atoms with E-state index >= 15 is 0 Å². The number of nitrogens with zero attached hydrogens (tertiary/aromatic N) is 4. The summed E-state index contributed by atoms with van der Waals surface area (Å²) >= 11 is 0. The van der Waals surface area contributed by atoms with Crippen LogP contribution in [0.3, 0.4) is 0 Å². The zero-order valence-electron chi connectivity index (χ0n) is 18.9. The van der Waals surface area contributed by atoms with E-state index in [1.165, 1.54) is 4.31 Å². The number of fused-ring (bicyclic) bond motifs is 3. The van der Waals surface area contributed by atoms with Crippen LogP contribution in [0.2, 0.25) is 0 Å². The Hall–Kier alpha value is -2.75. The highest BCUT2D eigenvalue weighted by atomic mass is 32.2. The number of likely N-dealkylation sites (N-methyl/N-ethyl adjacent to an activating group) is 1. The molecule has 8 nitrogen and oxygen atoms in total. The fourth-order valence-corrected chi connectivity index (χ4v) is 6.93. The molecule has 174 valence electrons. The summed E-state index contributed by atoms with van der Waals surface area (Å²) in [4.78, 5) is 10.4. The molecule has 0 aliphatic carbocycles. The first-order valence-electron chi connectivity index (χ1n) is 11.1. The fourth-order valence-electron chi connectivity index (χ4n) is 5.31. The van der Waals surface area contributed by atoms with Crippen molar-refractivity contribution >= 4 is 27.1 Å². The summed E-state index contributed by atoms with van der Waals surface area (Å²) in [5, 5.41) is 10.1. The molecule has 1 fully saturated rings. The van der Waals surface area contributed by atoms with E-state index in [0.29, 0.717) is 13.0 Å². The van der Waals surface area contributed by atoms with Crippen LogP contribution in [0.5, 0.6) is 5.75 Å². The van der Waals surface area contributed by atoms with Crippen LogP contribution in [-0.2, 0) is 10.0 Å². The smallest absolute Gasteiger partial charge is 0.278 e. The van der Waals surface area contributed by atoms with Crippen molar-refractivity contribution in [1.29, 1.82) is 0 Å². The minimum atomic E-state index is -3.86. The van der Waals surface area contributed by atoms with Crippen molar-refractivity contribution < 1.29 is 18.3 Å². The van der Waals surface area contributed by atoms with Gasteiger partial charge in [0, 0.05) is 31.4 Å².